The van der Waals surface area contributed by atoms with Crippen molar-refractivity contribution in [1.29, 1.82) is 0 Å². The van der Waals surface area contributed by atoms with Crippen LogP contribution in [0.2, 0.25) is 0 Å². The maximum Gasteiger partial charge on any atom is 0.338 e. The maximum atomic E-state index is 11.4. The van der Waals surface area contributed by atoms with Crippen LogP contribution >= 0.6 is 0 Å². The third-order valence-electron chi connectivity index (χ3n) is 2.88. The molecule has 3 heteroatoms. The molecule has 2 rings (SSSR count). The van der Waals surface area contributed by atoms with Crippen molar-refractivity contribution in [3.8, 4) is 0 Å². The van der Waals surface area contributed by atoms with Gasteiger partial charge in [-0.1, -0.05) is 12.1 Å². The van der Waals surface area contributed by atoms with Crippen LogP contribution in [0.5, 0.6) is 0 Å². The normalized spacial score (nSPS) is 19.7. The van der Waals surface area contributed by atoms with Crippen LogP contribution in [0.25, 0.3) is 0 Å². The van der Waals surface area contributed by atoms with E-state index in [1.165, 1.54) is 18.4 Å². The van der Waals surface area contributed by atoms with Crippen LogP contribution in [-0.2, 0) is 4.74 Å². The standard InChI is InChI=1S/C13H17NO2/c1-2-16-13(15)11-7-5-10(6-8-11)12-4-3-9-14-12/h5-8,12,14H,2-4,9H2,1H3. The predicted octanol–water partition coefficient (Wildman–Crippen LogP) is 2.29. The Morgan fingerprint density at radius 2 is 2.19 bits per heavy atom. The predicted molar refractivity (Wildman–Crippen MR) is 62.4 cm³/mol. The molecule has 1 aromatic carbocycles. The van der Waals surface area contributed by atoms with Gasteiger partial charge >= 0.3 is 5.97 Å². The molecule has 0 bridgehead atoms. The highest BCUT2D eigenvalue weighted by Crippen LogP contribution is 2.23. The fourth-order valence-corrected chi connectivity index (χ4v) is 2.03. The molecular weight excluding hydrogens is 202 g/mol. The van der Waals surface area contributed by atoms with E-state index in [9.17, 15) is 4.79 Å². The van der Waals surface area contributed by atoms with Crippen LogP contribution in [0.1, 0.15) is 41.7 Å². The molecule has 1 unspecified atom stereocenters. The van der Waals surface area contributed by atoms with E-state index in [0.717, 1.165) is 6.54 Å². The van der Waals surface area contributed by atoms with Gasteiger partial charge in [-0.15, -0.1) is 0 Å². The molecule has 1 N–H and O–H groups in total. The molecule has 1 aliphatic heterocycles. The number of carbonyl (C=O) groups excluding carboxylic acids is 1. The van der Waals surface area contributed by atoms with Crippen LogP contribution in [0.15, 0.2) is 24.3 Å². The average Bonchev–Trinajstić information content (AvgIpc) is 2.83. The zero-order valence-corrected chi connectivity index (χ0v) is 9.53. The van der Waals surface area contributed by atoms with E-state index < -0.39 is 0 Å². The van der Waals surface area contributed by atoms with Crippen molar-refractivity contribution in [2.24, 2.45) is 0 Å². The van der Waals surface area contributed by atoms with Gasteiger partial charge in [0.05, 0.1) is 12.2 Å². The van der Waals surface area contributed by atoms with Crippen LogP contribution < -0.4 is 5.32 Å². The third kappa shape index (κ3) is 2.42. The summed E-state index contributed by atoms with van der Waals surface area (Å²) in [6.07, 6.45) is 2.41. The Bertz CT molecular complexity index is 353. The van der Waals surface area contributed by atoms with E-state index in [1.807, 2.05) is 31.2 Å². The highest BCUT2D eigenvalue weighted by Gasteiger charge is 2.16. The molecule has 0 saturated carbocycles. The van der Waals surface area contributed by atoms with Crippen molar-refractivity contribution in [3.63, 3.8) is 0 Å². The van der Waals surface area contributed by atoms with Gasteiger partial charge in [-0.05, 0) is 44.0 Å². The highest BCUT2D eigenvalue weighted by atomic mass is 16.5. The summed E-state index contributed by atoms with van der Waals surface area (Å²) in [7, 11) is 0. The van der Waals surface area contributed by atoms with Crippen molar-refractivity contribution >= 4 is 5.97 Å². The van der Waals surface area contributed by atoms with Gasteiger partial charge in [0, 0.05) is 6.04 Å². The van der Waals surface area contributed by atoms with Crippen molar-refractivity contribution in [3.05, 3.63) is 35.4 Å². The molecule has 1 fully saturated rings. The summed E-state index contributed by atoms with van der Waals surface area (Å²) in [6.45, 7) is 3.32. The molecule has 16 heavy (non-hydrogen) atoms. The zero-order chi connectivity index (χ0) is 11.4. The first-order valence-electron chi connectivity index (χ1n) is 5.81. The maximum absolute atomic E-state index is 11.4. The minimum absolute atomic E-state index is 0.242. The minimum atomic E-state index is -0.242. The zero-order valence-electron chi connectivity index (χ0n) is 9.53. The Hall–Kier alpha value is -1.35. The SMILES string of the molecule is CCOC(=O)c1ccc(C2CCCN2)cc1. The molecule has 0 aromatic heterocycles. The van der Waals surface area contributed by atoms with E-state index >= 15 is 0 Å². The van der Waals surface area contributed by atoms with Gasteiger partial charge in [-0.25, -0.2) is 4.79 Å². The number of esters is 1. The highest BCUT2D eigenvalue weighted by molar-refractivity contribution is 5.89. The van der Waals surface area contributed by atoms with E-state index in [2.05, 4.69) is 5.32 Å². The summed E-state index contributed by atoms with van der Waals surface area (Å²) in [5, 5.41) is 3.43. The number of hydrogen-bond acceptors (Lipinski definition) is 3. The molecule has 1 saturated heterocycles. The minimum Gasteiger partial charge on any atom is -0.462 e. The Kier molecular flexibility index (Phi) is 3.57. The van der Waals surface area contributed by atoms with Gasteiger partial charge in [0.15, 0.2) is 0 Å². The van der Waals surface area contributed by atoms with Crippen LogP contribution in [0.4, 0.5) is 0 Å². The number of nitrogens with one attached hydrogen (secondary N) is 1. The quantitative estimate of drug-likeness (QED) is 0.793. The van der Waals surface area contributed by atoms with Crippen molar-refractivity contribution < 1.29 is 9.53 Å². The van der Waals surface area contributed by atoms with E-state index in [0.29, 0.717) is 18.2 Å². The summed E-state index contributed by atoms with van der Waals surface area (Å²) in [5.74, 6) is -0.242. The number of rotatable bonds is 3. The largest absolute Gasteiger partial charge is 0.462 e. The van der Waals surface area contributed by atoms with Gasteiger partial charge in [0.1, 0.15) is 0 Å². The average molecular weight is 219 g/mol. The molecule has 1 atom stereocenters. The molecule has 0 amide bonds. The first-order valence-corrected chi connectivity index (χ1v) is 5.81. The summed E-state index contributed by atoms with van der Waals surface area (Å²) in [6, 6.07) is 8.15. The Balaban J connectivity index is 2.06. The number of carbonyl (C=O) groups is 1. The van der Waals surface area contributed by atoms with Crippen molar-refractivity contribution in [2.75, 3.05) is 13.2 Å². The molecule has 3 nitrogen and oxygen atoms in total. The lowest BCUT2D eigenvalue weighted by atomic mass is 10.0. The van der Waals surface area contributed by atoms with E-state index in [-0.39, 0.29) is 5.97 Å². The summed E-state index contributed by atoms with van der Waals surface area (Å²) < 4.78 is 4.94. The van der Waals surface area contributed by atoms with Gasteiger partial charge < -0.3 is 10.1 Å². The van der Waals surface area contributed by atoms with Crippen LogP contribution in [-0.4, -0.2) is 19.1 Å². The summed E-state index contributed by atoms with van der Waals surface area (Å²) in [5.41, 5.74) is 1.88. The third-order valence-corrected chi connectivity index (χ3v) is 2.88. The van der Waals surface area contributed by atoms with Gasteiger partial charge in [0.25, 0.3) is 0 Å². The monoisotopic (exact) mass is 219 g/mol. The molecule has 0 aliphatic carbocycles. The van der Waals surface area contributed by atoms with Crippen molar-refractivity contribution in [2.45, 2.75) is 25.8 Å². The fourth-order valence-electron chi connectivity index (χ4n) is 2.03. The molecule has 86 valence electrons. The van der Waals surface area contributed by atoms with Crippen LogP contribution in [0.3, 0.4) is 0 Å². The Labute approximate surface area is 95.8 Å². The van der Waals surface area contributed by atoms with Crippen molar-refractivity contribution in [1.82, 2.24) is 5.32 Å². The smallest absolute Gasteiger partial charge is 0.338 e. The summed E-state index contributed by atoms with van der Waals surface area (Å²) >= 11 is 0. The lowest BCUT2D eigenvalue weighted by molar-refractivity contribution is 0.0526. The lowest BCUT2D eigenvalue weighted by Gasteiger charge is -2.10. The number of ether oxygens (including phenoxy) is 1. The van der Waals surface area contributed by atoms with Gasteiger partial charge in [-0.3, -0.25) is 0 Å². The topological polar surface area (TPSA) is 38.3 Å². The number of hydrogen-bond donors (Lipinski definition) is 1. The Morgan fingerprint density at radius 3 is 2.75 bits per heavy atom. The van der Waals surface area contributed by atoms with Gasteiger partial charge in [0.2, 0.25) is 0 Å². The molecule has 0 spiro atoms. The second-order valence-electron chi connectivity index (χ2n) is 3.99. The second-order valence-corrected chi connectivity index (χ2v) is 3.99. The Morgan fingerprint density at radius 1 is 1.44 bits per heavy atom. The fraction of sp³-hybridized carbons (Fsp3) is 0.462. The summed E-state index contributed by atoms with van der Waals surface area (Å²) in [4.78, 5) is 11.4. The van der Waals surface area contributed by atoms with Crippen LogP contribution in [0, 0.1) is 0 Å². The van der Waals surface area contributed by atoms with E-state index in [1.54, 1.807) is 0 Å². The molecule has 0 radical (unpaired) electrons. The second kappa shape index (κ2) is 5.12. The molecular formula is C13H17NO2. The lowest BCUT2D eigenvalue weighted by Crippen LogP contribution is -2.13. The number of benzene rings is 1. The molecule has 1 heterocycles. The van der Waals surface area contributed by atoms with Gasteiger partial charge in [-0.2, -0.15) is 0 Å². The first-order chi connectivity index (χ1) is 7.81. The first kappa shape index (κ1) is 11.1. The molecule has 1 aromatic rings. The van der Waals surface area contributed by atoms with E-state index in [4.69, 9.17) is 4.74 Å². The molecule has 1 aliphatic rings.